The van der Waals surface area contributed by atoms with Crippen molar-refractivity contribution >= 4 is 5.91 Å². The molecule has 2 aliphatic rings. The van der Waals surface area contributed by atoms with Crippen LogP contribution < -0.4 is 9.47 Å². The first-order valence-electron chi connectivity index (χ1n) is 10.5. The third-order valence-corrected chi connectivity index (χ3v) is 6.43. The van der Waals surface area contributed by atoms with Gasteiger partial charge in [-0.2, -0.15) is 5.10 Å². The van der Waals surface area contributed by atoms with Gasteiger partial charge in [0, 0.05) is 24.3 Å². The lowest BCUT2D eigenvalue weighted by Gasteiger charge is -2.26. The van der Waals surface area contributed by atoms with Gasteiger partial charge in [-0.05, 0) is 56.4 Å². The van der Waals surface area contributed by atoms with Gasteiger partial charge in [-0.25, -0.2) is 14.6 Å². The number of piperidine rings is 1. The zero-order valence-corrected chi connectivity index (χ0v) is 17.9. The summed E-state index contributed by atoms with van der Waals surface area (Å²) in [4.78, 5) is 24.3. The number of fused-ring (bicyclic) bond motifs is 2. The zero-order chi connectivity index (χ0) is 21.5. The number of rotatable bonds is 5. The van der Waals surface area contributed by atoms with Crippen LogP contribution in [0.4, 0.5) is 0 Å². The Labute approximate surface area is 180 Å². The molecule has 1 amide bonds. The highest BCUT2D eigenvalue weighted by atomic mass is 16.5. The lowest BCUT2D eigenvalue weighted by molar-refractivity contribution is 0.0703. The predicted octanol–water partition coefficient (Wildman–Crippen LogP) is 3.28. The van der Waals surface area contributed by atoms with Gasteiger partial charge in [0.15, 0.2) is 0 Å². The van der Waals surface area contributed by atoms with Crippen molar-refractivity contribution < 1.29 is 14.3 Å². The van der Waals surface area contributed by atoms with Crippen LogP contribution in [0.5, 0.6) is 11.5 Å². The molecule has 0 spiro atoms. The van der Waals surface area contributed by atoms with Crippen molar-refractivity contribution in [1.29, 1.82) is 0 Å². The predicted molar refractivity (Wildman–Crippen MR) is 115 cm³/mol. The number of hydrogen-bond donors (Lipinski definition) is 0. The van der Waals surface area contributed by atoms with Crippen LogP contribution in [0.25, 0.3) is 17.2 Å². The molecule has 0 N–H and O–H groups in total. The number of amides is 1. The maximum atomic E-state index is 13.1. The van der Waals surface area contributed by atoms with Crippen molar-refractivity contribution in [3.05, 3.63) is 47.9 Å². The van der Waals surface area contributed by atoms with Crippen LogP contribution in [0, 0.1) is 12.8 Å². The number of likely N-dealkylation sites (tertiary alicyclic amines) is 1. The molecule has 1 aromatic carbocycles. The van der Waals surface area contributed by atoms with E-state index >= 15 is 0 Å². The van der Waals surface area contributed by atoms with E-state index in [0.717, 1.165) is 30.6 Å². The minimum atomic E-state index is 0.0570. The van der Waals surface area contributed by atoms with Crippen molar-refractivity contribution in [2.75, 3.05) is 20.8 Å². The van der Waals surface area contributed by atoms with E-state index < -0.39 is 0 Å². The topological polar surface area (TPSA) is 82.4 Å². The van der Waals surface area contributed by atoms with E-state index in [9.17, 15) is 4.79 Å². The first-order chi connectivity index (χ1) is 15.1. The van der Waals surface area contributed by atoms with Crippen molar-refractivity contribution in [2.24, 2.45) is 5.92 Å². The van der Waals surface area contributed by atoms with Crippen LogP contribution in [-0.4, -0.2) is 57.4 Å². The molecule has 160 valence electrons. The van der Waals surface area contributed by atoms with E-state index in [4.69, 9.17) is 14.5 Å². The fraction of sp³-hybridized carbons (Fsp3) is 0.391. The molecular formula is C23H25N5O3. The SMILES string of the molecule is COc1ccc(OC)c(-c2ccnc(-n3ncc(C(=O)N4CC5CCC4C5)c3C)n2)c1. The Kier molecular flexibility index (Phi) is 4.84. The molecule has 2 aromatic heterocycles. The number of benzene rings is 1. The number of hydrogen-bond acceptors (Lipinski definition) is 6. The van der Waals surface area contributed by atoms with E-state index in [-0.39, 0.29) is 5.91 Å². The minimum Gasteiger partial charge on any atom is -0.497 e. The summed E-state index contributed by atoms with van der Waals surface area (Å²) >= 11 is 0. The van der Waals surface area contributed by atoms with Crippen LogP contribution in [0.15, 0.2) is 36.7 Å². The van der Waals surface area contributed by atoms with Gasteiger partial charge in [0.2, 0.25) is 0 Å². The van der Waals surface area contributed by atoms with E-state index in [1.807, 2.05) is 36.1 Å². The molecule has 2 unspecified atom stereocenters. The van der Waals surface area contributed by atoms with E-state index in [0.29, 0.717) is 40.7 Å². The highest BCUT2D eigenvalue weighted by molar-refractivity contribution is 5.95. The molecule has 2 fully saturated rings. The standard InChI is InChI=1S/C23H25N5O3/c1-14-19(22(29)27-13-15-4-5-16(27)10-15)12-25-28(14)23-24-9-8-20(26-23)18-11-17(30-2)6-7-21(18)31-3/h6-9,11-12,15-16H,4-5,10,13H2,1-3H3. The molecule has 8 nitrogen and oxygen atoms in total. The smallest absolute Gasteiger partial charge is 0.257 e. The molecule has 0 radical (unpaired) electrons. The highest BCUT2D eigenvalue weighted by Crippen LogP contribution is 2.38. The summed E-state index contributed by atoms with van der Waals surface area (Å²) in [6, 6.07) is 7.74. The van der Waals surface area contributed by atoms with Crippen LogP contribution in [0.1, 0.15) is 35.3 Å². The van der Waals surface area contributed by atoms with Gasteiger partial charge in [0.25, 0.3) is 11.9 Å². The first-order valence-corrected chi connectivity index (χ1v) is 10.5. The second-order valence-corrected chi connectivity index (χ2v) is 8.15. The van der Waals surface area contributed by atoms with E-state index in [1.54, 1.807) is 31.3 Å². The van der Waals surface area contributed by atoms with Crippen molar-refractivity contribution in [2.45, 2.75) is 32.2 Å². The third kappa shape index (κ3) is 3.32. The molecule has 2 bridgehead atoms. The Balaban J connectivity index is 1.48. The molecule has 3 heterocycles. The molecule has 1 saturated heterocycles. The van der Waals surface area contributed by atoms with Crippen LogP contribution in [-0.2, 0) is 0 Å². The summed E-state index contributed by atoms with van der Waals surface area (Å²) in [6.45, 7) is 2.74. The lowest BCUT2D eigenvalue weighted by atomic mass is 10.1. The molecular weight excluding hydrogens is 394 g/mol. The number of aromatic nitrogens is 4. The summed E-state index contributed by atoms with van der Waals surface area (Å²) in [5.41, 5.74) is 2.82. The van der Waals surface area contributed by atoms with Gasteiger partial charge in [0.1, 0.15) is 11.5 Å². The molecule has 1 aliphatic carbocycles. The Morgan fingerprint density at radius 2 is 2.03 bits per heavy atom. The lowest BCUT2D eigenvalue weighted by Crippen LogP contribution is -2.37. The van der Waals surface area contributed by atoms with Gasteiger partial charge in [-0.1, -0.05) is 0 Å². The molecule has 31 heavy (non-hydrogen) atoms. The maximum absolute atomic E-state index is 13.1. The van der Waals surface area contributed by atoms with E-state index in [2.05, 4.69) is 10.1 Å². The summed E-state index contributed by atoms with van der Waals surface area (Å²) in [7, 11) is 3.24. The Morgan fingerprint density at radius 3 is 2.74 bits per heavy atom. The third-order valence-electron chi connectivity index (χ3n) is 6.43. The van der Waals surface area contributed by atoms with Crippen LogP contribution in [0.3, 0.4) is 0 Å². The Hall–Kier alpha value is -3.42. The monoisotopic (exact) mass is 419 g/mol. The highest BCUT2D eigenvalue weighted by Gasteiger charge is 2.41. The molecule has 5 rings (SSSR count). The second kappa shape index (κ2) is 7.68. The fourth-order valence-corrected chi connectivity index (χ4v) is 4.76. The summed E-state index contributed by atoms with van der Waals surface area (Å²) in [5, 5.41) is 4.44. The largest absolute Gasteiger partial charge is 0.497 e. The Morgan fingerprint density at radius 1 is 1.16 bits per heavy atom. The first kappa shape index (κ1) is 19.5. The van der Waals surface area contributed by atoms with E-state index in [1.165, 1.54) is 6.42 Å². The molecule has 3 aromatic rings. The number of nitrogens with zero attached hydrogens (tertiary/aromatic N) is 5. The fourth-order valence-electron chi connectivity index (χ4n) is 4.76. The molecule has 1 aliphatic heterocycles. The second-order valence-electron chi connectivity index (χ2n) is 8.15. The quantitative estimate of drug-likeness (QED) is 0.631. The molecule has 1 saturated carbocycles. The molecule has 8 heteroatoms. The van der Waals surface area contributed by atoms with Gasteiger partial charge < -0.3 is 14.4 Å². The van der Waals surface area contributed by atoms with Gasteiger partial charge in [-0.3, -0.25) is 4.79 Å². The van der Waals surface area contributed by atoms with Crippen molar-refractivity contribution in [3.8, 4) is 28.7 Å². The van der Waals surface area contributed by atoms with Crippen molar-refractivity contribution in [1.82, 2.24) is 24.6 Å². The average Bonchev–Trinajstić information content (AvgIpc) is 3.54. The summed E-state index contributed by atoms with van der Waals surface area (Å²) < 4.78 is 12.5. The Bertz CT molecular complexity index is 1140. The molecule has 2 atom stereocenters. The number of carbonyl (C=O) groups is 1. The number of methoxy groups -OCH3 is 2. The average molecular weight is 419 g/mol. The summed E-state index contributed by atoms with van der Waals surface area (Å²) in [5.74, 6) is 2.51. The number of ether oxygens (including phenoxy) is 2. The number of carbonyl (C=O) groups excluding carboxylic acids is 1. The van der Waals surface area contributed by atoms with Crippen LogP contribution >= 0.6 is 0 Å². The summed E-state index contributed by atoms with van der Waals surface area (Å²) in [6.07, 6.45) is 6.79. The van der Waals surface area contributed by atoms with Crippen LogP contribution in [0.2, 0.25) is 0 Å². The maximum Gasteiger partial charge on any atom is 0.257 e. The van der Waals surface area contributed by atoms with Gasteiger partial charge in [-0.15, -0.1) is 0 Å². The zero-order valence-electron chi connectivity index (χ0n) is 17.9. The minimum absolute atomic E-state index is 0.0570. The normalized spacial score (nSPS) is 19.6. The van der Waals surface area contributed by atoms with Gasteiger partial charge in [0.05, 0.1) is 37.4 Å². The van der Waals surface area contributed by atoms with Crippen molar-refractivity contribution in [3.63, 3.8) is 0 Å². The van der Waals surface area contributed by atoms with Gasteiger partial charge >= 0.3 is 0 Å².